The van der Waals surface area contributed by atoms with E-state index in [0.29, 0.717) is 6.42 Å². The first-order chi connectivity index (χ1) is 17.3. The van der Waals surface area contributed by atoms with Crippen LogP contribution in [-0.2, 0) is 20.8 Å². The topological polar surface area (TPSA) is 148 Å². The lowest BCUT2D eigenvalue weighted by Crippen LogP contribution is -2.55. The van der Waals surface area contributed by atoms with Crippen LogP contribution in [0.5, 0.6) is 0 Å². The Hall–Kier alpha value is -3.02. The van der Waals surface area contributed by atoms with Gasteiger partial charge in [-0.05, 0) is 12.0 Å². The van der Waals surface area contributed by atoms with Crippen LogP contribution in [0.4, 0.5) is 0 Å². The molecule has 196 valence electrons. The van der Waals surface area contributed by atoms with Gasteiger partial charge in [-0.1, -0.05) is 55.8 Å². The molecule has 10 heteroatoms. The second-order valence-electron chi connectivity index (χ2n) is 8.51. The van der Waals surface area contributed by atoms with Crippen molar-refractivity contribution in [1.82, 2.24) is 4.57 Å². The van der Waals surface area contributed by atoms with Gasteiger partial charge in [0.1, 0.15) is 41.9 Å². The summed E-state index contributed by atoms with van der Waals surface area (Å²) in [5.74, 6) is -1.51. The Morgan fingerprint density at radius 2 is 1.61 bits per heavy atom. The molecule has 4 N–H and O–H groups in total. The Bertz CT molecular complexity index is 1080. The molecular formula is C26H33NO9. The highest BCUT2D eigenvalue weighted by molar-refractivity contribution is 6.00. The highest BCUT2D eigenvalue weighted by atomic mass is 16.5. The largest absolute Gasteiger partial charge is 0.464 e. The zero-order valence-corrected chi connectivity index (χ0v) is 20.5. The third kappa shape index (κ3) is 5.37. The summed E-state index contributed by atoms with van der Waals surface area (Å²) in [5.41, 5.74) is 1.11. The maximum absolute atomic E-state index is 13.1. The zero-order valence-electron chi connectivity index (χ0n) is 20.5. The number of esters is 2. The molecule has 0 radical (unpaired) electrons. The van der Waals surface area contributed by atoms with E-state index in [1.807, 2.05) is 37.3 Å². The van der Waals surface area contributed by atoms with Crippen molar-refractivity contribution >= 4 is 24.1 Å². The second-order valence-corrected chi connectivity index (χ2v) is 8.51. The van der Waals surface area contributed by atoms with Crippen molar-refractivity contribution in [3.05, 3.63) is 58.4 Å². The number of unbranched alkanes of at least 4 members (excludes halogenated alkanes) is 1. The molecule has 1 aliphatic rings. The van der Waals surface area contributed by atoms with Crippen LogP contribution in [0.1, 0.15) is 63.5 Å². The van der Waals surface area contributed by atoms with Crippen LogP contribution in [-0.4, -0.2) is 82.2 Å². The van der Waals surface area contributed by atoms with Crippen LogP contribution in [0, 0.1) is 0 Å². The molecular weight excluding hydrogens is 470 g/mol. The molecule has 0 spiro atoms. The molecule has 1 aliphatic heterocycles. The molecule has 10 nitrogen and oxygen atoms in total. The van der Waals surface area contributed by atoms with Gasteiger partial charge in [-0.3, -0.25) is 0 Å². The van der Waals surface area contributed by atoms with E-state index in [-0.39, 0.29) is 29.1 Å². The molecule has 36 heavy (non-hydrogen) atoms. The molecule has 1 fully saturated rings. The number of carbonyl (C=O) groups excluding carboxylic acids is 2. The van der Waals surface area contributed by atoms with E-state index >= 15 is 0 Å². The van der Waals surface area contributed by atoms with Crippen LogP contribution >= 0.6 is 0 Å². The van der Waals surface area contributed by atoms with Crippen molar-refractivity contribution < 1.29 is 44.2 Å². The van der Waals surface area contributed by atoms with Crippen LogP contribution in [0.3, 0.4) is 0 Å². The van der Waals surface area contributed by atoms with Gasteiger partial charge >= 0.3 is 11.9 Å². The minimum atomic E-state index is -1.68. The number of rotatable bonds is 9. The van der Waals surface area contributed by atoms with E-state index in [1.165, 1.54) is 18.8 Å². The number of hydrogen-bond donors (Lipinski definition) is 4. The molecule has 0 bridgehead atoms. The standard InChI is InChI=1S/C26H33NO9/c1-4-5-13-27-19(25(32)34-2)16(12-11-15-9-7-6-8-10-15)18(20(27)26(33)35-3)24-23(31)22(30)21(29)17(14-28)36-24/h6-12,17,21-24,28-31H,4-5,13-14H2,1-3H3. The summed E-state index contributed by atoms with van der Waals surface area (Å²) in [5, 5.41) is 41.4. The maximum Gasteiger partial charge on any atom is 0.355 e. The average molecular weight is 504 g/mol. The SMILES string of the molecule is CCCCn1c(C(=O)OC)c(C=Cc2ccccc2)c(C2OC(CO)C(O)C(O)C2O)c1C(=O)OC. The van der Waals surface area contributed by atoms with Crippen molar-refractivity contribution in [2.24, 2.45) is 0 Å². The highest BCUT2D eigenvalue weighted by Gasteiger charge is 2.47. The number of methoxy groups -OCH3 is 2. The van der Waals surface area contributed by atoms with E-state index in [4.69, 9.17) is 14.2 Å². The fraction of sp³-hybridized carbons (Fsp3) is 0.462. The van der Waals surface area contributed by atoms with Gasteiger partial charge in [0.15, 0.2) is 0 Å². The summed E-state index contributed by atoms with van der Waals surface area (Å²) in [4.78, 5) is 26.1. The lowest BCUT2D eigenvalue weighted by molar-refractivity contribution is -0.231. The van der Waals surface area contributed by atoms with E-state index in [9.17, 15) is 30.0 Å². The van der Waals surface area contributed by atoms with Gasteiger partial charge in [0.25, 0.3) is 0 Å². The fourth-order valence-corrected chi connectivity index (χ4v) is 4.37. The minimum absolute atomic E-state index is 0.0468. The monoisotopic (exact) mass is 503 g/mol. The van der Waals surface area contributed by atoms with Crippen LogP contribution in [0.15, 0.2) is 30.3 Å². The van der Waals surface area contributed by atoms with E-state index in [0.717, 1.165) is 12.0 Å². The first-order valence-corrected chi connectivity index (χ1v) is 11.8. The molecule has 0 amide bonds. The van der Waals surface area contributed by atoms with Gasteiger partial charge < -0.3 is 39.2 Å². The van der Waals surface area contributed by atoms with Crippen molar-refractivity contribution in [3.8, 4) is 0 Å². The summed E-state index contributed by atoms with van der Waals surface area (Å²) < 4.78 is 17.4. The first kappa shape index (κ1) is 27.6. The molecule has 2 heterocycles. The molecule has 5 unspecified atom stereocenters. The molecule has 5 atom stereocenters. The number of hydrogen-bond acceptors (Lipinski definition) is 9. The van der Waals surface area contributed by atoms with Gasteiger partial charge in [-0.25, -0.2) is 9.59 Å². The third-order valence-corrected chi connectivity index (χ3v) is 6.25. The normalized spacial score (nSPS) is 24.1. The molecule has 1 aromatic carbocycles. The Labute approximate surface area is 209 Å². The smallest absolute Gasteiger partial charge is 0.355 e. The van der Waals surface area contributed by atoms with E-state index in [1.54, 1.807) is 12.2 Å². The lowest BCUT2D eigenvalue weighted by Gasteiger charge is -2.40. The molecule has 1 aromatic heterocycles. The summed E-state index contributed by atoms with van der Waals surface area (Å²) in [6.45, 7) is 1.56. The van der Waals surface area contributed by atoms with Gasteiger partial charge in [0.2, 0.25) is 0 Å². The number of nitrogens with zero attached hydrogens (tertiary/aromatic N) is 1. The summed E-state index contributed by atoms with van der Waals surface area (Å²) in [7, 11) is 2.41. The third-order valence-electron chi connectivity index (χ3n) is 6.25. The summed E-state index contributed by atoms with van der Waals surface area (Å²) >= 11 is 0. The molecule has 0 saturated carbocycles. The van der Waals surface area contributed by atoms with Crippen molar-refractivity contribution in [2.45, 2.75) is 56.8 Å². The lowest BCUT2D eigenvalue weighted by atomic mass is 9.89. The van der Waals surface area contributed by atoms with E-state index in [2.05, 4.69) is 0 Å². The van der Waals surface area contributed by atoms with Crippen LogP contribution in [0.25, 0.3) is 12.2 Å². The van der Waals surface area contributed by atoms with Crippen LogP contribution < -0.4 is 0 Å². The molecule has 1 saturated heterocycles. The Balaban J connectivity index is 2.35. The maximum atomic E-state index is 13.1. The highest BCUT2D eigenvalue weighted by Crippen LogP contribution is 2.40. The van der Waals surface area contributed by atoms with Gasteiger partial charge in [-0.15, -0.1) is 0 Å². The van der Waals surface area contributed by atoms with Gasteiger partial charge in [-0.2, -0.15) is 0 Å². The predicted octanol–water partition coefficient (Wildman–Crippen LogP) is 1.55. The van der Waals surface area contributed by atoms with Crippen molar-refractivity contribution in [1.29, 1.82) is 0 Å². The molecule has 0 aliphatic carbocycles. The number of ether oxygens (including phenoxy) is 3. The second kappa shape index (κ2) is 12.3. The molecule has 3 rings (SSSR count). The zero-order chi connectivity index (χ0) is 26.4. The number of aromatic nitrogens is 1. The van der Waals surface area contributed by atoms with E-state index < -0.39 is 49.1 Å². The van der Waals surface area contributed by atoms with Crippen LogP contribution in [0.2, 0.25) is 0 Å². The number of benzene rings is 1. The van der Waals surface area contributed by atoms with Crippen molar-refractivity contribution in [2.75, 3.05) is 20.8 Å². The Kier molecular flexibility index (Phi) is 9.41. The average Bonchev–Trinajstić information content (AvgIpc) is 3.22. The number of aliphatic hydroxyl groups is 4. The molecule has 2 aromatic rings. The fourth-order valence-electron chi connectivity index (χ4n) is 4.37. The quantitative estimate of drug-likeness (QED) is 0.374. The van der Waals surface area contributed by atoms with Gasteiger partial charge in [0, 0.05) is 17.7 Å². The first-order valence-electron chi connectivity index (χ1n) is 11.8. The number of aliphatic hydroxyl groups excluding tert-OH is 4. The number of carbonyl (C=O) groups is 2. The summed E-state index contributed by atoms with van der Waals surface area (Å²) in [6.07, 6.45) is -2.85. The Morgan fingerprint density at radius 3 is 2.19 bits per heavy atom. The minimum Gasteiger partial charge on any atom is -0.464 e. The Morgan fingerprint density at radius 1 is 0.972 bits per heavy atom. The van der Waals surface area contributed by atoms with Gasteiger partial charge in [0.05, 0.1) is 20.8 Å². The predicted molar refractivity (Wildman–Crippen MR) is 130 cm³/mol. The summed E-state index contributed by atoms with van der Waals surface area (Å²) in [6, 6.07) is 9.22. The van der Waals surface area contributed by atoms with Crippen molar-refractivity contribution in [3.63, 3.8) is 0 Å².